The molecule has 1 heterocycles. The second kappa shape index (κ2) is 5.94. The summed E-state index contributed by atoms with van der Waals surface area (Å²) in [6.45, 7) is 4.94. The molecular formula is C15H18NO4-. The number of carbonyl (C=O) groups excluding carboxylic acids is 2. The number of aliphatic carboxylic acids is 1. The van der Waals surface area contributed by atoms with Gasteiger partial charge in [0.2, 0.25) is 5.91 Å². The van der Waals surface area contributed by atoms with Gasteiger partial charge in [-0.25, -0.2) is 0 Å². The lowest BCUT2D eigenvalue weighted by molar-refractivity contribution is -0.310. The van der Waals surface area contributed by atoms with Gasteiger partial charge in [0.1, 0.15) is 5.75 Å². The number of carbonyl (C=O) groups is 2. The zero-order valence-electron chi connectivity index (χ0n) is 11.7. The Labute approximate surface area is 118 Å². The molecule has 1 aromatic rings. The monoisotopic (exact) mass is 276 g/mol. The van der Waals surface area contributed by atoms with E-state index in [1.807, 2.05) is 0 Å². The van der Waals surface area contributed by atoms with Gasteiger partial charge in [-0.15, -0.1) is 0 Å². The summed E-state index contributed by atoms with van der Waals surface area (Å²) < 4.78 is 5.56. The van der Waals surface area contributed by atoms with E-state index in [1.165, 1.54) is 4.90 Å². The first kappa shape index (κ1) is 14.4. The van der Waals surface area contributed by atoms with Gasteiger partial charge >= 0.3 is 0 Å². The highest BCUT2D eigenvalue weighted by molar-refractivity contribution is 5.98. The van der Waals surface area contributed by atoms with E-state index >= 15 is 0 Å². The molecule has 1 amide bonds. The van der Waals surface area contributed by atoms with Crippen LogP contribution in [0.25, 0.3) is 0 Å². The van der Waals surface area contributed by atoms with Gasteiger partial charge in [0, 0.05) is 30.5 Å². The highest BCUT2D eigenvalue weighted by atomic mass is 16.5. The average Bonchev–Trinajstić information content (AvgIpc) is 2.79. The Kier molecular flexibility index (Phi) is 4.27. The highest BCUT2D eigenvalue weighted by Crippen LogP contribution is 2.26. The number of carboxylic acids is 1. The quantitative estimate of drug-likeness (QED) is 0.798. The molecule has 2 rings (SSSR count). The Balaban J connectivity index is 2.03. The normalized spacial score (nSPS) is 18.6. The third-order valence-electron chi connectivity index (χ3n) is 3.19. The van der Waals surface area contributed by atoms with Crippen LogP contribution in [0.5, 0.6) is 5.75 Å². The summed E-state index contributed by atoms with van der Waals surface area (Å²) in [7, 11) is 0. The molecule has 1 aliphatic rings. The third-order valence-corrected chi connectivity index (χ3v) is 3.19. The van der Waals surface area contributed by atoms with Crippen LogP contribution in [0.3, 0.4) is 0 Å². The van der Waals surface area contributed by atoms with Crippen LogP contribution >= 0.6 is 0 Å². The first-order valence-corrected chi connectivity index (χ1v) is 6.71. The van der Waals surface area contributed by atoms with Gasteiger partial charge in [0.25, 0.3) is 0 Å². The van der Waals surface area contributed by atoms with Crippen molar-refractivity contribution in [2.75, 3.05) is 18.1 Å². The van der Waals surface area contributed by atoms with Crippen LogP contribution in [-0.2, 0) is 9.59 Å². The minimum absolute atomic E-state index is 0.00787. The Morgan fingerprint density at radius 3 is 2.55 bits per heavy atom. The molecule has 20 heavy (non-hydrogen) atoms. The number of amides is 1. The van der Waals surface area contributed by atoms with Crippen LogP contribution in [0.15, 0.2) is 24.3 Å². The van der Waals surface area contributed by atoms with E-state index in [1.54, 1.807) is 24.3 Å². The van der Waals surface area contributed by atoms with Crippen molar-refractivity contribution in [2.45, 2.75) is 20.3 Å². The zero-order valence-corrected chi connectivity index (χ0v) is 11.7. The number of benzene rings is 1. The largest absolute Gasteiger partial charge is 0.550 e. The maximum absolute atomic E-state index is 11.8. The predicted octanol–water partition coefficient (Wildman–Crippen LogP) is 0.824. The van der Waals surface area contributed by atoms with Crippen molar-refractivity contribution in [3.8, 4) is 5.75 Å². The van der Waals surface area contributed by atoms with Crippen molar-refractivity contribution in [2.24, 2.45) is 11.8 Å². The first-order valence-electron chi connectivity index (χ1n) is 6.71. The summed E-state index contributed by atoms with van der Waals surface area (Å²) in [6, 6.07) is 7.12. The molecule has 5 heteroatoms. The topological polar surface area (TPSA) is 69.7 Å². The number of hydrogen-bond acceptors (Lipinski definition) is 4. The number of nitrogens with zero attached hydrogens (tertiary/aromatic N) is 1. The summed E-state index contributed by atoms with van der Waals surface area (Å²) in [4.78, 5) is 24.1. The van der Waals surface area contributed by atoms with Crippen LogP contribution in [0.1, 0.15) is 20.3 Å². The molecule has 0 aromatic heterocycles. The van der Waals surface area contributed by atoms with Gasteiger partial charge in [-0.05, 0) is 30.2 Å². The number of rotatable bonds is 5. The van der Waals surface area contributed by atoms with E-state index in [0.29, 0.717) is 18.2 Å². The number of anilines is 1. The molecule has 0 unspecified atom stereocenters. The van der Waals surface area contributed by atoms with Crippen molar-refractivity contribution < 1.29 is 19.4 Å². The molecule has 1 atom stereocenters. The molecular weight excluding hydrogens is 258 g/mol. The van der Waals surface area contributed by atoms with Gasteiger partial charge in [0.05, 0.1) is 6.61 Å². The van der Waals surface area contributed by atoms with Crippen LogP contribution < -0.4 is 14.7 Å². The van der Waals surface area contributed by atoms with Gasteiger partial charge < -0.3 is 19.5 Å². The molecule has 1 fully saturated rings. The van der Waals surface area contributed by atoms with Gasteiger partial charge in [-0.1, -0.05) is 13.8 Å². The van der Waals surface area contributed by atoms with Crippen molar-refractivity contribution in [1.82, 2.24) is 0 Å². The second-order valence-corrected chi connectivity index (χ2v) is 5.42. The van der Waals surface area contributed by atoms with E-state index in [-0.39, 0.29) is 18.9 Å². The maximum Gasteiger partial charge on any atom is 0.227 e. The Hall–Kier alpha value is -2.04. The molecule has 108 valence electrons. The first-order chi connectivity index (χ1) is 9.47. The van der Waals surface area contributed by atoms with Crippen molar-refractivity contribution in [3.63, 3.8) is 0 Å². The minimum Gasteiger partial charge on any atom is -0.550 e. The fourth-order valence-corrected chi connectivity index (χ4v) is 2.10. The Morgan fingerprint density at radius 1 is 1.40 bits per heavy atom. The Morgan fingerprint density at radius 2 is 2.05 bits per heavy atom. The standard InChI is InChI=1S/C15H19NO4/c1-10(2)9-20-13-5-3-12(4-6-13)16-8-11(15(18)19)7-14(16)17/h3-6,10-11H,7-9H2,1-2H3,(H,18,19)/p-1/t11-/m0/s1. The molecule has 0 spiro atoms. The fourth-order valence-electron chi connectivity index (χ4n) is 2.10. The average molecular weight is 276 g/mol. The van der Waals surface area contributed by atoms with Gasteiger partial charge in [-0.3, -0.25) is 4.79 Å². The number of hydrogen-bond donors (Lipinski definition) is 0. The summed E-state index contributed by atoms with van der Waals surface area (Å²) in [5.74, 6) is -0.892. The van der Waals surface area contributed by atoms with Crippen LogP contribution in [-0.4, -0.2) is 25.0 Å². The number of ether oxygens (including phenoxy) is 1. The second-order valence-electron chi connectivity index (χ2n) is 5.42. The third kappa shape index (κ3) is 3.29. The van der Waals surface area contributed by atoms with Crippen LogP contribution in [0, 0.1) is 11.8 Å². The lowest BCUT2D eigenvalue weighted by Crippen LogP contribution is -2.33. The Bertz CT molecular complexity index is 495. The van der Waals surface area contributed by atoms with E-state index in [2.05, 4.69) is 13.8 Å². The van der Waals surface area contributed by atoms with Crippen LogP contribution in [0.2, 0.25) is 0 Å². The molecule has 1 saturated heterocycles. The summed E-state index contributed by atoms with van der Waals surface area (Å²) in [5.41, 5.74) is 0.690. The van der Waals surface area contributed by atoms with E-state index < -0.39 is 11.9 Å². The lowest BCUT2D eigenvalue weighted by atomic mass is 10.1. The molecule has 1 aromatic carbocycles. The van der Waals surface area contributed by atoms with Crippen LogP contribution in [0.4, 0.5) is 5.69 Å². The lowest BCUT2D eigenvalue weighted by Gasteiger charge is -2.17. The molecule has 0 N–H and O–H groups in total. The molecule has 0 radical (unpaired) electrons. The SMILES string of the molecule is CC(C)COc1ccc(N2C[C@@H](C(=O)[O-])CC2=O)cc1. The van der Waals surface area contributed by atoms with Crippen molar-refractivity contribution in [3.05, 3.63) is 24.3 Å². The molecule has 5 nitrogen and oxygen atoms in total. The van der Waals surface area contributed by atoms with E-state index in [4.69, 9.17) is 4.74 Å². The molecule has 0 aliphatic carbocycles. The van der Waals surface area contributed by atoms with Crippen molar-refractivity contribution in [1.29, 1.82) is 0 Å². The molecule has 0 bridgehead atoms. The fraction of sp³-hybridized carbons (Fsp3) is 0.467. The van der Waals surface area contributed by atoms with Gasteiger partial charge in [0.15, 0.2) is 0 Å². The van der Waals surface area contributed by atoms with Gasteiger partial charge in [-0.2, -0.15) is 0 Å². The highest BCUT2D eigenvalue weighted by Gasteiger charge is 2.31. The molecule has 1 aliphatic heterocycles. The smallest absolute Gasteiger partial charge is 0.227 e. The van der Waals surface area contributed by atoms with E-state index in [0.717, 1.165) is 5.75 Å². The molecule has 0 saturated carbocycles. The summed E-state index contributed by atoms with van der Waals surface area (Å²) in [5, 5.41) is 10.8. The van der Waals surface area contributed by atoms with Crippen molar-refractivity contribution >= 4 is 17.6 Å². The number of carboxylic acid groups (broad SMARTS) is 1. The minimum atomic E-state index is -1.17. The van der Waals surface area contributed by atoms with E-state index in [9.17, 15) is 14.7 Å². The summed E-state index contributed by atoms with van der Waals surface area (Å²) in [6.07, 6.45) is 0.00787. The predicted molar refractivity (Wildman–Crippen MR) is 72.2 cm³/mol. The zero-order chi connectivity index (χ0) is 14.7. The summed E-state index contributed by atoms with van der Waals surface area (Å²) >= 11 is 0. The maximum atomic E-state index is 11.8.